The molecule has 1 N–H and O–H groups in total. The van der Waals surface area contributed by atoms with Crippen LogP contribution in [0.15, 0.2) is 18.2 Å². The minimum Gasteiger partial charge on any atom is -0.478 e. The van der Waals surface area contributed by atoms with Crippen LogP contribution in [0.3, 0.4) is 0 Å². The number of carboxylic acids is 1. The summed E-state index contributed by atoms with van der Waals surface area (Å²) in [6.45, 7) is 8.68. The van der Waals surface area contributed by atoms with Crippen LogP contribution in [-0.2, 0) is 6.54 Å². The quantitative estimate of drug-likeness (QED) is 0.875. The highest BCUT2D eigenvalue weighted by molar-refractivity contribution is 5.88. The zero-order valence-electron chi connectivity index (χ0n) is 12.7. The van der Waals surface area contributed by atoms with Crippen molar-refractivity contribution in [1.82, 2.24) is 9.80 Å². The molecular weight excluding hydrogens is 271 g/mol. The van der Waals surface area contributed by atoms with Gasteiger partial charge in [-0.25, -0.2) is 9.18 Å². The zero-order valence-corrected chi connectivity index (χ0v) is 12.7. The van der Waals surface area contributed by atoms with Gasteiger partial charge in [0.15, 0.2) is 0 Å². The van der Waals surface area contributed by atoms with Crippen molar-refractivity contribution in [1.29, 1.82) is 0 Å². The Hall–Kier alpha value is -1.46. The Kier molecular flexibility index (Phi) is 5.31. The van der Waals surface area contributed by atoms with Crippen molar-refractivity contribution in [3.05, 3.63) is 35.1 Å². The fourth-order valence-electron chi connectivity index (χ4n) is 3.10. The number of aromatic carboxylic acids is 1. The SMILES string of the molecule is CCN(CC)C1CCN(Cc2cccc(C(=O)O)c2F)C1. The first-order valence-electron chi connectivity index (χ1n) is 7.53. The van der Waals surface area contributed by atoms with Gasteiger partial charge >= 0.3 is 5.97 Å². The molecule has 116 valence electrons. The van der Waals surface area contributed by atoms with Crippen LogP contribution < -0.4 is 0 Å². The normalized spacial score (nSPS) is 19.3. The van der Waals surface area contributed by atoms with Gasteiger partial charge in [-0.3, -0.25) is 9.80 Å². The van der Waals surface area contributed by atoms with Crippen molar-refractivity contribution >= 4 is 5.97 Å². The number of likely N-dealkylation sites (tertiary alicyclic amines) is 1. The average molecular weight is 294 g/mol. The van der Waals surface area contributed by atoms with Gasteiger partial charge in [0.05, 0.1) is 5.56 Å². The van der Waals surface area contributed by atoms with E-state index in [2.05, 4.69) is 23.6 Å². The van der Waals surface area contributed by atoms with Gasteiger partial charge < -0.3 is 5.11 Å². The Labute approximate surface area is 125 Å². The molecule has 4 nitrogen and oxygen atoms in total. The summed E-state index contributed by atoms with van der Waals surface area (Å²) in [4.78, 5) is 15.6. The highest BCUT2D eigenvalue weighted by Gasteiger charge is 2.27. The van der Waals surface area contributed by atoms with Crippen molar-refractivity contribution in [3.8, 4) is 0 Å². The molecular formula is C16H23FN2O2. The third-order valence-electron chi connectivity index (χ3n) is 4.28. The summed E-state index contributed by atoms with van der Waals surface area (Å²) in [6.07, 6.45) is 1.09. The monoisotopic (exact) mass is 294 g/mol. The molecule has 1 atom stereocenters. The Morgan fingerprint density at radius 1 is 1.43 bits per heavy atom. The first-order chi connectivity index (χ1) is 10.1. The standard InChI is InChI=1S/C16H23FN2O2/c1-3-19(4-2)13-8-9-18(11-13)10-12-6-5-7-14(15(12)17)16(20)21/h5-7,13H,3-4,8-11H2,1-2H3,(H,20,21). The van der Waals surface area contributed by atoms with Crippen LogP contribution in [0, 0.1) is 5.82 Å². The summed E-state index contributed by atoms with van der Waals surface area (Å²) in [5.41, 5.74) is 0.224. The number of carboxylic acid groups (broad SMARTS) is 1. The minimum atomic E-state index is -1.21. The van der Waals surface area contributed by atoms with E-state index < -0.39 is 11.8 Å². The van der Waals surface area contributed by atoms with E-state index in [1.807, 2.05) is 0 Å². The molecule has 0 aliphatic carbocycles. The second-order valence-electron chi connectivity index (χ2n) is 5.48. The molecule has 1 aromatic rings. The van der Waals surface area contributed by atoms with Crippen LogP contribution in [0.1, 0.15) is 36.2 Å². The lowest BCUT2D eigenvalue weighted by Gasteiger charge is -2.26. The van der Waals surface area contributed by atoms with E-state index in [1.54, 1.807) is 12.1 Å². The van der Waals surface area contributed by atoms with Gasteiger partial charge in [0.1, 0.15) is 5.82 Å². The number of nitrogens with zero attached hydrogens (tertiary/aromatic N) is 2. The molecule has 0 aromatic heterocycles. The van der Waals surface area contributed by atoms with E-state index in [9.17, 15) is 9.18 Å². The van der Waals surface area contributed by atoms with E-state index in [4.69, 9.17) is 5.11 Å². The second-order valence-corrected chi connectivity index (χ2v) is 5.48. The zero-order chi connectivity index (χ0) is 15.4. The summed E-state index contributed by atoms with van der Waals surface area (Å²) in [6, 6.07) is 5.11. The number of halogens is 1. The molecule has 0 amide bonds. The molecule has 1 aromatic carbocycles. The Balaban J connectivity index is 2.04. The number of benzene rings is 1. The largest absolute Gasteiger partial charge is 0.478 e. The number of likely N-dealkylation sites (N-methyl/N-ethyl adjacent to an activating group) is 1. The van der Waals surface area contributed by atoms with Crippen LogP contribution in [0.2, 0.25) is 0 Å². The summed E-state index contributed by atoms with van der Waals surface area (Å²) < 4.78 is 14.1. The summed E-state index contributed by atoms with van der Waals surface area (Å²) in [5, 5.41) is 8.97. The molecule has 1 aliphatic heterocycles. The molecule has 1 heterocycles. The molecule has 21 heavy (non-hydrogen) atoms. The summed E-state index contributed by atoms with van der Waals surface area (Å²) in [5.74, 6) is -1.81. The highest BCUT2D eigenvalue weighted by atomic mass is 19.1. The lowest BCUT2D eigenvalue weighted by Crippen LogP contribution is -2.37. The molecule has 0 spiro atoms. The van der Waals surface area contributed by atoms with Gasteiger partial charge in [-0.05, 0) is 25.6 Å². The van der Waals surface area contributed by atoms with Crippen LogP contribution in [0.25, 0.3) is 0 Å². The summed E-state index contributed by atoms with van der Waals surface area (Å²) in [7, 11) is 0. The van der Waals surface area contributed by atoms with Crippen molar-refractivity contribution in [3.63, 3.8) is 0 Å². The third-order valence-corrected chi connectivity index (χ3v) is 4.28. The molecule has 1 unspecified atom stereocenters. The smallest absolute Gasteiger partial charge is 0.338 e. The van der Waals surface area contributed by atoms with Gasteiger partial charge in [0.25, 0.3) is 0 Å². The van der Waals surface area contributed by atoms with Crippen molar-refractivity contribution < 1.29 is 14.3 Å². The van der Waals surface area contributed by atoms with Crippen molar-refractivity contribution in [2.45, 2.75) is 32.9 Å². The van der Waals surface area contributed by atoms with E-state index >= 15 is 0 Å². The Morgan fingerprint density at radius 2 is 2.14 bits per heavy atom. The number of hydrogen-bond donors (Lipinski definition) is 1. The lowest BCUT2D eigenvalue weighted by molar-refractivity contribution is 0.0691. The maximum atomic E-state index is 14.1. The maximum Gasteiger partial charge on any atom is 0.338 e. The molecule has 0 bridgehead atoms. The molecule has 1 aliphatic rings. The van der Waals surface area contributed by atoms with Gasteiger partial charge in [-0.1, -0.05) is 26.0 Å². The van der Waals surface area contributed by atoms with Crippen LogP contribution in [-0.4, -0.2) is 53.1 Å². The molecule has 1 saturated heterocycles. The average Bonchev–Trinajstić information content (AvgIpc) is 2.91. The molecule has 0 saturated carbocycles. The van der Waals surface area contributed by atoms with Crippen molar-refractivity contribution in [2.24, 2.45) is 0 Å². The molecule has 0 radical (unpaired) electrons. The van der Waals surface area contributed by atoms with Crippen molar-refractivity contribution in [2.75, 3.05) is 26.2 Å². The Bertz CT molecular complexity index is 503. The fourth-order valence-corrected chi connectivity index (χ4v) is 3.10. The summed E-state index contributed by atoms with van der Waals surface area (Å²) >= 11 is 0. The first kappa shape index (κ1) is 15.9. The van der Waals surface area contributed by atoms with E-state index in [0.717, 1.165) is 32.6 Å². The number of carbonyl (C=O) groups is 1. The van der Waals surface area contributed by atoms with Crippen LogP contribution in [0.4, 0.5) is 4.39 Å². The van der Waals surface area contributed by atoms with Gasteiger partial charge in [-0.2, -0.15) is 0 Å². The van der Waals surface area contributed by atoms with E-state index in [-0.39, 0.29) is 5.56 Å². The highest BCUT2D eigenvalue weighted by Crippen LogP contribution is 2.20. The van der Waals surface area contributed by atoms with Gasteiger partial charge in [0.2, 0.25) is 0 Å². The molecule has 1 fully saturated rings. The topological polar surface area (TPSA) is 43.8 Å². The van der Waals surface area contributed by atoms with Gasteiger partial charge in [0, 0.05) is 31.2 Å². The van der Waals surface area contributed by atoms with Gasteiger partial charge in [-0.15, -0.1) is 0 Å². The Morgan fingerprint density at radius 3 is 2.76 bits per heavy atom. The number of rotatable bonds is 6. The lowest BCUT2D eigenvalue weighted by atomic mass is 10.1. The first-order valence-corrected chi connectivity index (χ1v) is 7.53. The second kappa shape index (κ2) is 7.00. The predicted molar refractivity (Wildman–Crippen MR) is 80.0 cm³/mol. The predicted octanol–water partition coefficient (Wildman–Crippen LogP) is 2.44. The fraction of sp³-hybridized carbons (Fsp3) is 0.562. The van der Waals surface area contributed by atoms with E-state index in [1.165, 1.54) is 6.07 Å². The number of hydrogen-bond acceptors (Lipinski definition) is 3. The molecule has 5 heteroatoms. The third kappa shape index (κ3) is 3.60. The van der Waals surface area contributed by atoms with Crippen LogP contribution in [0.5, 0.6) is 0 Å². The van der Waals surface area contributed by atoms with Crippen LogP contribution >= 0.6 is 0 Å². The molecule has 2 rings (SSSR count). The maximum absolute atomic E-state index is 14.1. The minimum absolute atomic E-state index is 0.244. The van der Waals surface area contributed by atoms with E-state index in [0.29, 0.717) is 18.2 Å².